The number of carbonyl (C=O) groups is 2. The summed E-state index contributed by atoms with van der Waals surface area (Å²) in [7, 11) is 0. The zero-order chi connectivity index (χ0) is 13.6. The fraction of sp³-hybridized carbons (Fsp3) is 0.833. The third-order valence-electron chi connectivity index (χ3n) is 2.36. The van der Waals surface area contributed by atoms with Crippen molar-refractivity contribution in [1.82, 2.24) is 5.32 Å². The first-order valence-electron chi connectivity index (χ1n) is 5.93. The molecule has 0 aliphatic heterocycles. The van der Waals surface area contributed by atoms with Crippen molar-refractivity contribution in [2.24, 2.45) is 11.1 Å². The van der Waals surface area contributed by atoms with Crippen LogP contribution in [0.2, 0.25) is 0 Å². The van der Waals surface area contributed by atoms with Gasteiger partial charge in [0.05, 0.1) is 0 Å². The van der Waals surface area contributed by atoms with Gasteiger partial charge < -0.3 is 16.2 Å². The molecule has 0 aromatic carbocycles. The van der Waals surface area contributed by atoms with Crippen LogP contribution in [0.3, 0.4) is 0 Å². The molecule has 4 N–H and O–H groups in total. The van der Waals surface area contributed by atoms with Crippen molar-refractivity contribution in [2.45, 2.75) is 59.0 Å². The first kappa shape index (κ1) is 15.9. The topological polar surface area (TPSA) is 92.4 Å². The molecule has 5 heteroatoms. The SMILES string of the molecule is CCC(NC(=O)CC(N)CC(C)(C)C)C(=O)O. The Kier molecular flexibility index (Phi) is 6.16. The van der Waals surface area contributed by atoms with Crippen LogP contribution in [0.4, 0.5) is 0 Å². The third-order valence-corrected chi connectivity index (χ3v) is 2.36. The highest BCUT2D eigenvalue weighted by molar-refractivity contribution is 5.83. The van der Waals surface area contributed by atoms with Crippen molar-refractivity contribution >= 4 is 11.9 Å². The number of hydrogen-bond donors (Lipinski definition) is 3. The maximum atomic E-state index is 11.6. The molecule has 0 spiro atoms. The Morgan fingerprint density at radius 3 is 2.24 bits per heavy atom. The van der Waals surface area contributed by atoms with Gasteiger partial charge in [-0.25, -0.2) is 4.79 Å². The summed E-state index contributed by atoms with van der Waals surface area (Å²) in [6, 6.07) is -1.05. The Morgan fingerprint density at radius 2 is 1.88 bits per heavy atom. The summed E-state index contributed by atoms with van der Waals surface area (Å²) in [6.07, 6.45) is 1.26. The van der Waals surface area contributed by atoms with Gasteiger partial charge >= 0.3 is 5.97 Å². The van der Waals surface area contributed by atoms with E-state index < -0.39 is 12.0 Å². The number of amides is 1. The first-order valence-corrected chi connectivity index (χ1v) is 5.93. The lowest BCUT2D eigenvalue weighted by molar-refractivity contribution is -0.142. The molecule has 1 amide bonds. The third kappa shape index (κ3) is 7.74. The monoisotopic (exact) mass is 244 g/mol. The molecule has 100 valence electrons. The quantitative estimate of drug-likeness (QED) is 0.652. The fourth-order valence-electron chi connectivity index (χ4n) is 1.69. The molecule has 0 saturated heterocycles. The molecule has 0 bridgehead atoms. The Bertz CT molecular complexity index is 271. The summed E-state index contributed by atoms with van der Waals surface area (Å²) in [5.41, 5.74) is 5.91. The average molecular weight is 244 g/mol. The normalized spacial score (nSPS) is 15.1. The van der Waals surface area contributed by atoms with Gasteiger partial charge in [0.15, 0.2) is 0 Å². The molecule has 2 atom stereocenters. The second kappa shape index (κ2) is 6.59. The van der Waals surface area contributed by atoms with Crippen LogP contribution in [-0.4, -0.2) is 29.1 Å². The van der Waals surface area contributed by atoms with Crippen molar-refractivity contribution in [3.63, 3.8) is 0 Å². The van der Waals surface area contributed by atoms with E-state index in [4.69, 9.17) is 10.8 Å². The molecule has 2 unspecified atom stereocenters. The zero-order valence-electron chi connectivity index (χ0n) is 11.1. The summed E-state index contributed by atoms with van der Waals surface area (Å²) in [5, 5.41) is 11.3. The molecule has 0 aromatic heterocycles. The van der Waals surface area contributed by atoms with Crippen molar-refractivity contribution in [3.8, 4) is 0 Å². The highest BCUT2D eigenvalue weighted by Crippen LogP contribution is 2.20. The molecule has 0 aliphatic rings. The predicted octanol–water partition coefficient (Wildman–Crippen LogP) is 1.12. The van der Waals surface area contributed by atoms with Crippen LogP contribution >= 0.6 is 0 Å². The first-order chi connectivity index (χ1) is 7.65. The Hall–Kier alpha value is -1.10. The Morgan fingerprint density at radius 1 is 1.35 bits per heavy atom. The predicted molar refractivity (Wildman–Crippen MR) is 66.5 cm³/mol. The molecule has 0 radical (unpaired) electrons. The van der Waals surface area contributed by atoms with Crippen LogP contribution in [0.25, 0.3) is 0 Å². The van der Waals surface area contributed by atoms with Crippen LogP contribution in [0.1, 0.15) is 47.0 Å². The molecule has 0 heterocycles. The van der Waals surface area contributed by atoms with E-state index in [1.165, 1.54) is 0 Å². The lowest BCUT2D eigenvalue weighted by atomic mass is 9.87. The van der Waals surface area contributed by atoms with Crippen molar-refractivity contribution < 1.29 is 14.7 Å². The molecule has 0 aromatic rings. The molecular formula is C12H24N2O3. The molecule has 5 nitrogen and oxygen atoms in total. The number of carboxylic acid groups (broad SMARTS) is 1. The van der Waals surface area contributed by atoms with E-state index in [1.54, 1.807) is 6.92 Å². The van der Waals surface area contributed by atoms with Crippen LogP contribution in [-0.2, 0) is 9.59 Å². The number of nitrogens with two attached hydrogens (primary N) is 1. The number of hydrogen-bond acceptors (Lipinski definition) is 3. The average Bonchev–Trinajstić information content (AvgIpc) is 2.09. The summed E-state index contributed by atoms with van der Waals surface area (Å²) in [6.45, 7) is 7.87. The summed E-state index contributed by atoms with van der Waals surface area (Å²) >= 11 is 0. The van der Waals surface area contributed by atoms with E-state index in [0.717, 1.165) is 6.42 Å². The van der Waals surface area contributed by atoms with E-state index in [-0.39, 0.29) is 23.8 Å². The molecule has 0 rings (SSSR count). The number of carbonyl (C=O) groups excluding carboxylic acids is 1. The summed E-state index contributed by atoms with van der Waals surface area (Å²) < 4.78 is 0. The van der Waals surface area contributed by atoms with E-state index in [0.29, 0.717) is 6.42 Å². The van der Waals surface area contributed by atoms with Gasteiger partial charge in [-0.05, 0) is 18.3 Å². The van der Waals surface area contributed by atoms with Gasteiger partial charge in [0, 0.05) is 12.5 Å². The van der Waals surface area contributed by atoms with Crippen LogP contribution < -0.4 is 11.1 Å². The Balaban J connectivity index is 4.13. The van der Waals surface area contributed by atoms with E-state index >= 15 is 0 Å². The summed E-state index contributed by atoms with van der Waals surface area (Å²) in [4.78, 5) is 22.3. The van der Waals surface area contributed by atoms with Crippen LogP contribution in [0, 0.1) is 5.41 Å². The minimum atomic E-state index is -1.01. The number of carboxylic acids is 1. The Labute approximate surface area is 103 Å². The lowest BCUT2D eigenvalue weighted by Gasteiger charge is -2.23. The molecule has 0 aliphatic carbocycles. The highest BCUT2D eigenvalue weighted by Gasteiger charge is 2.21. The zero-order valence-corrected chi connectivity index (χ0v) is 11.1. The van der Waals surface area contributed by atoms with Gasteiger partial charge in [-0.15, -0.1) is 0 Å². The number of nitrogens with one attached hydrogen (secondary N) is 1. The fourth-order valence-corrected chi connectivity index (χ4v) is 1.69. The van der Waals surface area contributed by atoms with Gasteiger partial charge in [-0.1, -0.05) is 27.7 Å². The molecule has 17 heavy (non-hydrogen) atoms. The molecule has 0 fully saturated rings. The van der Waals surface area contributed by atoms with E-state index in [2.05, 4.69) is 26.1 Å². The largest absolute Gasteiger partial charge is 0.480 e. The second-order valence-electron chi connectivity index (χ2n) is 5.60. The van der Waals surface area contributed by atoms with Gasteiger partial charge in [-0.2, -0.15) is 0 Å². The minimum Gasteiger partial charge on any atom is -0.480 e. The highest BCUT2D eigenvalue weighted by atomic mass is 16.4. The maximum Gasteiger partial charge on any atom is 0.326 e. The van der Waals surface area contributed by atoms with Gasteiger partial charge in [-0.3, -0.25) is 4.79 Å². The van der Waals surface area contributed by atoms with E-state index in [1.807, 2.05) is 0 Å². The number of rotatable bonds is 6. The van der Waals surface area contributed by atoms with Crippen molar-refractivity contribution in [3.05, 3.63) is 0 Å². The number of aliphatic carboxylic acids is 1. The van der Waals surface area contributed by atoms with E-state index in [9.17, 15) is 9.59 Å². The van der Waals surface area contributed by atoms with Crippen LogP contribution in [0.5, 0.6) is 0 Å². The van der Waals surface area contributed by atoms with Gasteiger partial charge in [0.2, 0.25) is 5.91 Å². The van der Waals surface area contributed by atoms with Crippen molar-refractivity contribution in [1.29, 1.82) is 0 Å². The molecule has 0 saturated carbocycles. The second-order valence-corrected chi connectivity index (χ2v) is 5.60. The van der Waals surface area contributed by atoms with Crippen LogP contribution in [0.15, 0.2) is 0 Å². The van der Waals surface area contributed by atoms with Gasteiger partial charge in [0.25, 0.3) is 0 Å². The standard InChI is InChI=1S/C12H24N2O3/c1-5-9(11(16)17)14-10(15)6-8(13)7-12(2,3)4/h8-9H,5-7,13H2,1-4H3,(H,14,15)(H,16,17). The van der Waals surface area contributed by atoms with Crippen molar-refractivity contribution in [2.75, 3.05) is 0 Å². The smallest absolute Gasteiger partial charge is 0.326 e. The molecular weight excluding hydrogens is 220 g/mol. The lowest BCUT2D eigenvalue weighted by Crippen LogP contribution is -2.42. The summed E-state index contributed by atoms with van der Waals surface area (Å²) in [5.74, 6) is -1.30. The van der Waals surface area contributed by atoms with Gasteiger partial charge in [0.1, 0.15) is 6.04 Å². The maximum absolute atomic E-state index is 11.6. The minimum absolute atomic E-state index is 0.0661.